The molecule has 6 nitrogen and oxygen atoms in total. The van der Waals surface area contributed by atoms with Crippen LogP contribution in [-0.2, 0) is 11.3 Å². The van der Waals surface area contributed by atoms with Crippen molar-refractivity contribution in [3.8, 4) is 0 Å². The summed E-state index contributed by atoms with van der Waals surface area (Å²) in [6.07, 6.45) is 3.56. The molecule has 0 fully saturated rings. The lowest BCUT2D eigenvalue weighted by molar-refractivity contribution is -0.0332. The van der Waals surface area contributed by atoms with E-state index in [1.54, 1.807) is 0 Å². The molecule has 0 aromatic carbocycles. The number of aromatic nitrogens is 3. The van der Waals surface area contributed by atoms with Crippen molar-refractivity contribution in [3.05, 3.63) is 11.9 Å². The molecule has 0 saturated heterocycles. The SMILES string of the molecule is CC(C)c1cn(CCC(C)(C)OCCC(C)(C)NC(=O)S)nn1. The van der Waals surface area contributed by atoms with Gasteiger partial charge in [-0.25, -0.2) is 0 Å². The third-order valence-corrected chi connectivity index (χ3v) is 3.87. The van der Waals surface area contributed by atoms with E-state index < -0.39 is 0 Å². The maximum absolute atomic E-state index is 11.0. The Morgan fingerprint density at radius 1 is 1.35 bits per heavy atom. The first-order valence-corrected chi connectivity index (χ1v) is 8.50. The van der Waals surface area contributed by atoms with Gasteiger partial charge < -0.3 is 10.1 Å². The first kappa shape index (κ1) is 20.0. The van der Waals surface area contributed by atoms with Crippen LogP contribution in [0.5, 0.6) is 0 Å². The second kappa shape index (κ2) is 8.15. The van der Waals surface area contributed by atoms with Crippen LogP contribution in [0.1, 0.15) is 66.0 Å². The summed E-state index contributed by atoms with van der Waals surface area (Å²) in [5.74, 6) is 0.386. The van der Waals surface area contributed by atoms with E-state index in [0.717, 1.165) is 25.1 Å². The molecule has 1 aromatic rings. The van der Waals surface area contributed by atoms with Crippen molar-refractivity contribution in [1.82, 2.24) is 20.3 Å². The molecule has 1 amide bonds. The Morgan fingerprint density at radius 3 is 2.52 bits per heavy atom. The summed E-state index contributed by atoms with van der Waals surface area (Å²) in [5, 5.41) is 10.8. The van der Waals surface area contributed by atoms with Gasteiger partial charge >= 0.3 is 0 Å². The molecule has 0 bridgehead atoms. The van der Waals surface area contributed by atoms with E-state index >= 15 is 0 Å². The van der Waals surface area contributed by atoms with Gasteiger partial charge in [-0.3, -0.25) is 9.48 Å². The second-order valence-electron chi connectivity index (χ2n) is 7.48. The molecule has 0 aliphatic carbocycles. The lowest BCUT2D eigenvalue weighted by Gasteiger charge is -2.29. The maximum Gasteiger partial charge on any atom is 0.276 e. The highest BCUT2D eigenvalue weighted by Gasteiger charge is 2.23. The van der Waals surface area contributed by atoms with E-state index in [0.29, 0.717) is 12.5 Å². The van der Waals surface area contributed by atoms with Crippen molar-refractivity contribution < 1.29 is 9.53 Å². The fourth-order valence-corrected chi connectivity index (χ4v) is 2.38. The third-order valence-electron chi connectivity index (χ3n) is 3.76. The van der Waals surface area contributed by atoms with Crippen LogP contribution in [0.2, 0.25) is 0 Å². The van der Waals surface area contributed by atoms with Crippen molar-refractivity contribution in [2.45, 2.75) is 78.0 Å². The van der Waals surface area contributed by atoms with Gasteiger partial charge in [0.25, 0.3) is 5.24 Å². The summed E-state index contributed by atoms with van der Waals surface area (Å²) < 4.78 is 7.85. The highest BCUT2D eigenvalue weighted by Crippen LogP contribution is 2.19. The summed E-state index contributed by atoms with van der Waals surface area (Å²) in [6, 6.07) is 0. The zero-order valence-electron chi connectivity index (χ0n) is 15.1. The standard InChI is InChI=1S/C16H30N4O2S/c1-12(2)13-11-20(19-18-13)9-7-16(5,6)22-10-8-15(3,4)17-14(21)23/h11-12H,7-10H2,1-6H3,(H2,17,21,23). The predicted octanol–water partition coefficient (Wildman–Crippen LogP) is 3.39. The topological polar surface area (TPSA) is 69.0 Å². The Kier molecular flexibility index (Phi) is 7.07. The first-order chi connectivity index (χ1) is 10.5. The van der Waals surface area contributed by atoms with Crippen molar-refractivity contribution in [1.29, 1.82) is 0 Å². The Labute approximate surface area is 144 Å². The molecule has 132 valence electrons. The third kappa shape index (κ3) is 7.83. The van der Waals surface area contributed by atoms with Gasteiger partial charge in [-0.2, -0.15) is 0 Å². The molecule has 0 unspecified atom stereocenters. The van der Waals surface area contributed by atoms with Crippen LogP contribution in [0, 0.1) is 0 Å². The smallest absolute Gasteiger partial charge is 0.276 e. The van der Waals surface area contributed by atoms with Crippen molar-refractivity contribution >= 4 is 17.9 Å². The monoisotopic (exact) mass is 342 g/mol. The number of hydrogen-bond acceptors (Lipinski definition) is 4. The Balaban J connectivity index is 2.39. The van der Waals surface area contributed by atoms with Crippen molar-refractivity contribution in [2.75, 3.05) is 6.61 Å². The van der Waals surface area contributed by atoms with E-state index in [1.165, 1.54) is 0 Å². The van der Waals surface area contributed by atoms with Crippen LogP contribution in [0.15, 0.2) is 6.20 Å². The molecule has 0 aliphatic heterocycles. The maximum atomic E-state index is 11.0. The fraction of sp³-hybridized carbons (Fsp3) is 0.812. The van der Waals surface area contributed by atoms with E-state index in [4.69, 9.17) is 4.74 Å². The Bertz CT molecular complexity index is 512. The number of nitrogens with one attached hydrogen (secondary N) is 1. The average Bonchev–Trinajstić information content (AvgIpc) is 2.83. The number of thiol groups is 1. The van der Waals surface area contributed by atoms with Crippen LogP contribution < -0.4 is 5.32 Å². The van der Waals surface area contributed by atoms with E-state index in [-0.39, 0.29) is 16.4 Å². The normalized spacial score (nSPS) is 12.7. The molecule has 0 saturated carbocycles. The molecular weight excluding hydrogens is 312 g/mol. The molecule has 0 aliphatic rings. The minimum absolute atomic E-state index is 0.259. The fourth-order valence-electron chi connectivity index (χ4n) is 2.08. The molecule has 7 heteroatoms. The molecule has 1 heterocycles. The number of nitrogens with zero attached hydrogens (tertiary/aromatic N) is 3. The second-order valence-corrected chi connectivity index (χ2v) is 7.89. The molecule has 23 heavy (non-hydrogen) atoms. The molecule has 0 atom stereocenters. The molecule has 1 N–H and O–H groups in total. The quantitative estimate of drug-likeness (QED) is 0.675. The van der Waals surface area contributed by atoms with Gasteiger partial charge in [0.15, 0.2) is 0 Å². The van der Waals surface area contributed by atoms with Crippen LogP contribution >= 0.6 is 12.6 Å². The van der Waals surface area contributed by atoms with E-state index in [9.17, 15) is 4.79 Å². The van der Waals surface area contributed by atoms with Gasteiger partial charge in [0.05, 0.1) is 11.3 Å². The number of rotatable bonds is 9. The number of aryl methyl sites for hydroxylation is 1. The van der Waals surface area contributed by atoms with Crippen LogP contribution in [0.4, 0.5) is 4.79 Å². The molecule has 1 aromatic heterocycles. The van der Waals surface area contributed by atoms with Gasteiger partial charge in [0, 0.05) is 24.9 Å². The number of ether oxygens (including phenoxy) is 1. The Hall–Kier alpha value is -1.08. The van der Waals surface area contributed by atoms with Gasteiger partial charge in [0.1, 0.15) is 0 Å². The lowest BCUT2D eigenvalue weighted by Crippen LogP contribution is -2.42. The molecular formula is C16H30N4O2S. The Morgan fingerprint density at radius 2 is 2.00 bits per heavy atom. The van der Waals surface area contributed by atoms with Crippen LogP contribution in [-0.4, -0.2) is 38.0 Å². The largest absolute Gasteiger partial charge is 0.375 e. The highest BCUT2D eigenvalue weighted by molar-refractivity contribution is 7.96. The molecule has 1 rings (SSSR count). The minimum atomic E-state index is -0.326. The van der Waals surface area contributed by atoms with E-state index in [1.807, 2.05) is 24.7 Å². The zero-order valence-corrected chi connectivity index (χ0v) is 16.0. The number of hydrogen-bond donors (Lipinski definition) is 2. The number of carbonyl (C=O) groups is 1. The van der Waals surface area contributed by atoms with Gasteiger partial charge in [0.2, 0.25) is 0 Å². The average molecular weight is 343 g/mol. The lowest BCUT2D eigenvalue weighted by atomic mass is 10.0. The summed E-state index contributed by atoms with van der Waals surface area (Å²) >= 11 is 3.75. The number of carbonyl (C=O) groups excluding carboxylic acids is 1. The first-order valence-electron chi connectivity index (χ1n) is 8.06. The molecule has 0 spiro atoms. The summed E-state index contributed by atoms with van der Waals surface area (Å²) in [6.45, 7) is 13.6. The minimum Gasteiger partial charge on any atom is -0.375 e. The summed E-state index contributed by atoms with van der Waals surface area (Å²) in [4.78, 5) is 11.0. The van der Waals surface area contributed by atoms with Crippen LogP contribution in [0.25, 0.3) is 0 Å². The van der Waals surface area contributed by atoms with Crippen molar-refractivity contribution in [2.24, 2.45) is 0 Å². The van der Waals surface area contributed by atoms with E-state index in [2.05, 4.69) is 56.0 Å². The molecule has 0 radical (unpaired) electrons. The summed E-state index contributed by atoms with van der Waals surface area (Å²) in [5.41, 5.74) is 0.422. The predicted molar refractivity (Wildman–Crippen MR) is 95.0 cm³/mol. The van der Waals surface area contributed by atoms with Gasteiger partial charge in [-0.05, 0) is 46.5 Å². The highest BCUT2D eigenvalue weighted by atomic mass is 32.1. The zero-order chi connectivity index (χ0) is 17.7. The van der Waals surface area contributed by atoms with Crippen molar-refractivity contribution in [3.63, 3.8) is 0 Å². The van der Waals surface area contributed by atoms with Crippen LogP contribution in [0.3, 0.4) is 0 Å². The van der Waals surface area contributed by atoms with Gasteiger partial charge in [-0.1, -0.05) is 31.7 Å². The summed E-state index contributed by atoms with van der Waals surface area (Å²) in [7, 11) is 0. The van der Waals surface area contributed by atoms with Gasteiger partial charge in [-0.15, -0.1) is 5.10 Å². The number of amides is 1.